The van der Waals surface area contributed by atoms with Gasteiger partial charge in [0.25, 0.3) is 10.0 Å². The van der Waals surface area contributed by atoms with E-state index in [1.54, 1.807) is 14.0 Å². The van der Waals surface area contributed by atoms with Crippen LogP contribution in [0.15, 0.2) is 35.4 Å². The second-order valence-corrected chi connectivity index (χ2v) is 6.87. The van der Waals surface area contributed by atoms with E-state index in [1.807, 2.05) is 0 Å². The number of hydrogen-bond donors (Lipinski definition) is 2. The fraction of sp³-hybridized carbons (Fsp3) is 0.267. The molecule has 0 saturated heterocycles. The average Bonchev–Trinajstić information content (AvgIpc) is 2.85. The van der Waals surface area contributed by atoms with Crippen molar-refractivity contribution in [2.75, 3.05) is 4.72 Å². The monoisotopic (exact) mass is 351 g/mol. The van der Waals surface area contributed by atoms with E-state index in [1.165, 1.54) is 35.1 Å². The molecular formula is C15H17N3O5S. The molecule has 2 aromatic rings. The first-order chi connectivity index (χ1) is 11.2. The quantitative estimate of drug-likeness (QED) is 0.731. The molecule has 0 aliphatic carbocycles. The molecule has 0 amide bonds. The minimum Gasteiger partial charge on any atom is -0.481 e. The maximum Gasteiger partial charge on any atom is 0.303 e. The molecule has 0 atom stereocenters. The molecule has 2 N–H and O–H groups in total. The minimum atomic E-state index is -3.83. The Morgan fingerprint density at radius 1 is 1.29 bits per heavy atom. The summed E-state index contributed by atoms with van der Waals surface area (Å²) in [5.41, 5.74) is 0.954. The van der Waals surface area contributed by atoms with Crippen LogP contribution < -0.4 is 4.72 Å². The second-order valence-electron chi connectivity index (χ2n) is 5.22. The van der Waals surface area contributed by atoms with Crippen molar-refractivity contribution in [1.29, 1.82) is 0 Å². The largest absolute Gasteiger partial charge is 0.481 e. The molecule has 2 rings (SSSR count). The molecule has 0 spiro atoms. The maximum atomic E-state index is 12.4. The SMILES string of the molecule is Cc1c(S(=O)(=O)Nc2cccc(C(=O)CCC(=O)O)c2)cnn1C. The Bertz CT molecular complexity index is 886. The lowest BCUT2D eigenvalue weighted by atomic mass is 10.1. The van der Waals surface area contributed by atoms with Gasteiger partial charge in [-0.15, -0.1) is 0 Å². The van der Waals surface area contributed by atoms with Crippen LogP contribution in [0.5, 0.6) is 0 Å². The number of sulfonamides is 1. The number of anilines is 1. The van der Waals surface area contributed by atoms with Crippen molar-refractivity contribution >= 4 is 27.5 Å². The van der Waals surface area contributed by atoms with Gasteiger partial charge in [0, 0.05) is 24.7 Å². The number of carbonyl (C=O) groups excluding carboxylic acids is 1. The maximum absolute atomic E-state index is 12.4. The lowest BCUT2D eigenvalue weighted by molar-refractivity contribution is -0.136. The normalized spacial score (nSPS) is 11.2. The van der Waals surface area contributed by atoms with Crippen molar-refractivity contribution in [3.8, 4) is 0 Å². The third-order valence-electron chi connectivity index (χ3n) is 3.48. The van der Waals surface area contributed by atoms with E-state index in [2.05, 4.69) is 9.82 Å². The van der Waals surface area contributed by atoms with Crippen molar-refractivity contribution in [2.24, 2.45) is 7.05 Å². The molecule has 1 aromatic carbocycles. The van der Waals surface area contributed by atoms with Gasteiger partial charge in [0.05, 0.1) is 18.3 Å². The summed E-state index contributed by atoms with van der Waals surface area (Å²) in [5, 5.41) is 12.5. The number of hydrogen-bond acceptors (Lipinski definition) is 5. The molecule has 0 fully saturated rings. The van der Waals surface area contributed by atoms with E-state index >= 15 is 0 Å². The number of Topliss-reactive ketones (excluding diaryl/α,β-unsaturated/α-hetero) is 1. The van der Waals surface area contributed by atoms with E-state index in [-0.39, 0.29) is 34.8 Å². The van der Waals surface area contributed by atoms with Crippen molar-refractivity contribution in [1.82, 2.24) is 9.78 Å². The average molecular weight is 351 g/mol. The predicted octanol–water partition coefficient (Wildman–Crippen LogP) is 1.58. The number of rotatable bonds is 7. The molecule has 0 aliphatic rings. The molecule has 24 heavy (non-hydrogen) atoms. The van der Waals surface area contributed by atoms with Crippen molar-refractivity contribution in [2.45, 2.75) is 24.7 Å². The summed E-state index contributed by atoms with van der Waals surface area (Å²) in [6, 6.07) is 5.93. The lowest BCUT2D eigenvalue weighted by Gasteiger charge is -2.09. The first-order valence-electron chi connectivity index (χ1n) is 7.07. The number of carbonyl (C=O) groups is 2. The van der Waals surface area contributed by atoms with Crippen molar-refractivity contribution in [3.05, 3.63) is 41.7 Å². The van der Waals surface area contributed by atoms with Crippen LogP contribution >= 0.6 is 0 Å². The summed E-state index contributed by atoms with van der Waals surface area (Å²) in [6.45, 7) is 1.63. The second kappa shape index (κ2) is 6.83. The molecule has 0 saturated carbocycles. The van der Waals surface area contributed by atoms with Gasteiger partial charge in [-0.1, -0.05) is 12.1 Å². The van der Waals surface area contributed by atoms with Crippen molar-refractivity contribution < 1.29 is 23.1 Å². The van der Waals surface area contributed by atoms with Crippen LogP contribution in [0.25, 0.3) is 0 Å². The highest BCUT2D eigenvalue weighted by Gasteiger charge is 2.20. The highest BCUT2D eigenvalue weighted by atomic mass is 32.2. The Hall–Kier alpha value is -2.68. The summed E-state index contributed by atoms with van der Waals surface area (Å²) >= 11 is 0. The van der Waals surface area contributed by atoms with E-state index in [0.717, 1.165) is 0 Å². The summed E-state index contributed by atoms with van der Waals surface area (Å²) < 4.78 is 28.7. The van der Waals surface area contributed by atoms with Crippen LogP contribution in [0.2, 0.25) is 0 Å². The number of nitrogens with zero attached hydrogens (tertiary/aromatic N) is 2. The smallest absolute Gasteiger partial charge is 0.303 e. The van der Waals surface area contributed by atoms with E-state index < -0.39 is 16.0 Å². The van der Waals surface area contributed by atoms with Gasteiger partial charge >= 0.3 is 5.97 Å². The Balaban J connectivity index is 2.21. The van der Waals surface area contributed by atoms with Crippen LogP contribution in [-0.4, -0.2) is 35.1 Å². The van der Waals surface area contributed by atoms with E-state index in [9.17, 15) is 18.0 Å². The first-order valence-corrected chi connectivity index (χ1v) is 8.55. The Morgan fingerprint density at radius 2 is 2.00 bits per heavy atom. The van der Waals surface area contributed by atoms with Crippen LogP contribution in [0, 0.1) is 6.92 Å². The van der Waals surface area contributed by atoms with Gasteiger partial charge in [-0.05, 0) is 19.1 Å². The van der Waals surface area contributed by atoms with E-state index in [0.29, 0.717) is 5.69 Å². The van der Waals surface area contributed by atoms with Gasteiger partial charge in [-0.3, -0.25) is 19.0 Å². The van der Waals surface area contributed by atoms with Gasteiger partial charge in [0.2, 0.25) is 0 Å². The Labute approximate surface area is 139 Å². The third kappa shape index (κ3) is 3.99. The molecule has 8 nitrogen and oxygen atoms in total. The number of aliphatic carboxylic acids is 1. The number of benzene rings is 1. The third-order valence-corrected chi connectivity index (χ3v) is 4.97. The highest BCUT2D eigenvalue weighted by molar-refractivity contribution is 7.92. The van der Waals surface area contributed by atoms with Crippen LogP contribution in [0.3, 0.4) is 0 Å². The molecule has 0 radical (unpaired) electrons. The fourth-order valence-corrected chi connectivity index (χ4v) is 3.33. The van der Waals surface area contributed by atoms with Gasteiger partial charge in [0.15, 0.2) is 5.78 Å². The number of carboxylic acids is 1. The van der Waals surface area contributed by atoms with Gasteiger partial charge < -0.3 is 5.11 Å². The van der Waals surface area contributed by atoms with Gasteiger partial charge in [0.1, 0.15) is 4.90 Å². The Morgan fingerprint density at radius 3 is 2.58 bits per heavy atom. The van der Waals surface area contributed by atoms with E-state index in [4.69, 9.17) is 5.11 Å². The van der Waals surface area contributed by atoms with Crippen LogP contribution in [0.4, 0.5) is 5.69 Å². The van der Waals surface area contributed by atoms with Gasteiger partial charge in [-0.2, -0.15) is 5.10 Å². The number of ketones is 1. The number of aryl methyl sites for hydroxylation is 1. The summed E-state index contributed by atoms with van der Waals surface area (Å²) in [5.74, 6) is -1.43. The number of nitrogens with one attached hydrogen (secondary N) is 1. The molecule has 1 heterocycles. The molecule has 0 aliphatic heterocycles. The molecule has 9 heteroatoms. The zero-order chi connectivity index (χ0) is 17.9. The minimum absolute atomic E-state index is 0.0487. The molecule has 0 bridgehead atoms. The number of carboxylic acid groups (broad SMARTS) is 1. The van der Waals surface area contributed by atoms with Crippen LogP contribution in [-0.2, 0) is 21.9 Å². The first kappa shape index (κ1) is 17.7. The molecular weight excluding hydrogens is 334 g/mol. The van der Waals surface area contributed by atoms with Crippen molar-refractivity contribution in [3.63, 3.8) is 0 Å². The fourth-order valence-electron chi connectivity index (χ4n) is 2.07. The summed E-state index contributed by atoms with van der Waals surface area (Å²) in [7, 11) is -2.20. The number of aromatic nitrogens is 2. The zero-order valence-corrected chi connectivity index (χ0v) is 14.0. The summed E-state index contributed by atoms with van der Waals surface area (Å²) in [4.78, 5) is 22.5. The Kier molecular flexibility index (Phi) is 5.03. The van der Waals surface area contributed by atoms with Crippen LogP contribution in [0.1, 0.15) is 28.9 Å². The molecule has 128 valence electrons. The van der Waals surface area contributed by atoms with Gasteiger partial charge in [-0.25, -0.2) is 8.42 Å². The lowest BCUT2D eigenvalue weighted by Crippen LogP contribution is -2.14. The predicted molar refractivity (Wildman–Crippen MR) is 86.4 cm³/mol. The molecule has 1 aromatic heterocycles. The highest BCUT2D eigenvalue weighted by Crippen LogP contribution is 2.20. The topological polar surface area (TPSA) is 118 Å². The summed E-state index contributed by atoms with van der Waals surface area (Å²) in [6.07, 6.45) is 0.830. The molecule has 0 unspecified atom stereocenters. The zero-order valence-electron chi connectivity index (χ0n) is 13.2. The standard InChI is InChI=1S/C15H17N3O5S/c1-10-14(9-16-18(10)2)24(22,23)17-12-5-3-4-11(8-12)13(19)6-7-15(20)21/h3-5,8-9,17H,6-7H2,1-2H3,(H,20,21).